The largest absolute Gasteiger partial charge is 0.480 e. The number of hydrogen-bond acceptors (Lipinski definition) is 10. The summed E-state index contributed by atoms with van der Waals surface area (Å²) in [6.45, 7) is -1.03. The van der Waals surface area contributed by atoms with Crippen molar-refractivity contribution in [3.8, 4) is 0 Å². The van der Waals surface area contributed by atoms with Gasteiger partial charge in [0.25, 0.3) is 0 Å². The van der Waals surface area contributed by atoms with Gasteiger partial charge >= 0.3 is 5.97 Å². The number of aliphatic hydroxyl groups excluding tert-OH is 3. The van der Waals surface area contributed by atoms with Gasteiger partial charge < -0.3 is 47.4 Å². The average Bonchev–Trinajstić information content (AvgIpc) is 2.76. The molecule has 0 rings (SSSR count). The third kappa shape index (κ3) is 10.2. The lowest BCUT2D eigenvalue weighted by Gasteiger charge is -2.24. The number of rotatable bonds is 15. The van der Waals surface area contributed by atoms with E-state index in [1.807, 2.05) is 0 Å². The van der Waals surface area contributed by atoms with Gasteiger partial charge in [-0.05, 0) is 25.4 Å². The van der Waals surface area contributed by atoms with Gasteiger partial charge in [0.2, 0.25) is 23.6 Å². The zero-order valence-electron chi connectivity index (χ0n) is 17.7. The highest BCUT2D eigenvalue weighted by atomic mass is 32.2. The van der Waals surface area contributed by atoms with Crippen LogP contribution in [0.3, 0.4) is 0 Å². The van der Waals surface area contributed by atoms with Crippen LogP contribution in [0.5, 0.6) is 0 Å². The number of carbonyl (C=O) groups is 5. The van der Waals surface area contributed by atoms with Crippen LogP contribution in [0.15, 0.2) is 0 Å². The molecule has 0 bridgehead atoms. The van der Waals surface area contributed by atoms with Gasteiger partial charge in [-0.25, -0.2) is 4.79 Å². The second kappa shape index (κ2) is 15.4. The first kappa shape index (κ1) is 29.5. The smallest absolute Gasteiger partial charge is 0.328 e. The highest BCUT2D eigenvalue weighted by molar-refractivity contribution is 7.98. The molecule has 0 saturated carbocycles. The Morgan fingerprint density at radius 2 is 1.28 bits per heavy atom. The number of carbonyl (C=O) groups excluding carboxylic acids is 4. The predicted octanol–water partition coefficient (Wildman–Crippen LogP) is -4.91. The van der Waals surface area contributed by atoms with Crippen LogP contribution in [-0.4, -0.2) is 112 Å². The molecule has 0 aromatic rings. The molecule has 0 aromatic carbocycles. The molecular weight excluding hydrogens is 450 g/mol. The third-order valence-electron chi connectivity index (χ3n) is 4.14. The molecule has 0 fully saturated rings. The summed E-state index contributed by atoms with van der Waals surface area (Å²) >= 11 is 1.38. The summed E-state index contributed by atoms with van der Waals surface area (Å²) in [5.41, 5.74) is 5.32. The first-order valence-electron chi connectivity index (χ1n) is 9.53. The molecule has 0 unspecified atom stereocenters. The van der Waals surface area contributed by atoms with Gasteiger partial charge in [-0.3, -0.25) is 19.2 Å². The molecule has 0 saturated heterocycles. The molecule has 15 heteroatoms. The van der Waals surface area contributed by atoms with Crippen LogP contribution < -0.4 is 27.0 Å². The molecule has 10 N–H and O–H groups in total. The van der Waals surface area contributed by atoms with E-state index in [9.17, 15) is 29.1 Å². The van der Waals surface area contributed by atoms with Gasteiger partial charge in [0, 0.05) is 0 Å². The summed E-state index contributed by atoms with van der Waals surface area (Å²) in [7, 11) is 0. The first-order chi connectivity index (χ1) is 15.0. The number of carboxylic acid groups (broad SMARTS) is 1. The number of nitrogens with one attached hydrogen (secondary N) is 4. The van der Waals surface area contributed by atoms with Crippen LogP contribution in [0.4, 0.5) is 0 Å². The van der Waals surface area contributed by atoms with Crippen LogP contribution in [0, 0.1) is 0 Å². The molecule has 14 nitrogen and oxygen atoms in total. The van der Waals surface area contributed by atoms with E-state index in [2.05, 4.69) is 21.3 Å². The maximum absolute atomic E-state index is 12.5. The van der Waals surface area contributed by atoms with E-state index in [0.29, 0.717) is 5.75 Å². The SMILES string of the molecule is CSCC[C@H](NC(=O)[C@H](C)NC(=O)[C@H](CO)NC(=O)[C@@H](N)CO)C(=O)N[C@@H](CO)C(=O)O. The van der Waals surface area contributed by atoms with Crippen molar-refractivity contribution in [1.82, 2.24) is 21.3 Å². The fraction of sp³-hybridized carbons (Fsp3) is 0.706. The van der Waals surface area contributed by atoms with E-state index in [1.54, 1.807) is 6.26 Å². The molecule has 184 valence electrons. The van der Waals surface area contributed by atoms with E-state index in [1.165, 1.54) is 18.7 Å². The number of carboxylic acids is 1. The maximum Gasteiger partial charge on any atom is 0.328 e. The highest BCUT2D eigenvalue weighted by Crippen LogP contribution is 2.03. The number of aliphatic hydroxyl groups is 3. The summed E-state index contributed by atoms with van der Waals surface area (Å²) in [5.74, 6) is -4.42. The maximum atomic E-state index is 12.5. The van der Waals surface area contributed by atoms with Crippen molar-refractivity contribution in [2.75, 3.05) is 31.8 Å². The van der Waals surface area contributed by atoms with E-state index in [4.69, 9.17) is 21.1 Å². The second-order valence-corrected chi connectivity index (χ2v) is 7.67. The normalized spacial score (nSPS) is 15.4. The summed E-state index contributed by atoms with van der Waals surface area (Å²) in [5, 5.41) is 45.1. The molecule has 0 radical (unpaired) electrons. The van der Waals surface area contributed by atoms with Crippen molar-refractivity contribution in [3.63, 3.8) is 0 Å². The topological polar surface area (TPSA) is 240 Å². The average molecular weight is 482 g/mol. The summed E-state index contributed by atoms with van der Waals surface area (Å²) in [6, 6.07) is -6.63. The van der Waals surface area contributed by atoms with Crippen molar-refractivity contribution in [2.24, 2.45) is 5.73 Å². The lowest BCUT2D eigenvalue weighted by molar-refractivity contribution is -0.143. The Morgan fingerprint density at radius 1 is 0.781 bits per heavy atom. The van der Waals surface area contributed by atoms with Crippen molar-refractivity contribution < 1.29 is 44.4 Å². The Hall–Kier alpha value is -2.46. The molecular formula is C17H31N5O9S. The molecule has 0 aliphatic rings. The van der Waals surface area contributed by atoms with Gasteiger partial charge in [-0.2, -0.15) is 11.8 Å². The van der Waals surface area contributed by atoms with E-state index in [0.717, 1.165) is 0 Å². The zero-order valence-corrected chi connectivity index (χ0v) is 18.6. The highest BCUT2D eigenvalue weighted by Gasteiger charge is 2.29. The Morgan fingerprint density at radius 3 is 1.75 bits per heavy atom. The lowest BCUT2D eigenvalue weighted by atomic mass is 10.1. The van der Waals surface area contributed by atoms with Gasteiger partial charge in [-0.15, -0.1) is 0 Å². The molecule has 0 aliphatic carbocycles. The van der Waals surface area contributed by atoms with Gasteiger partial charge in [-0.1, -0.05) is 0 Å². The minimum absolute atomic E-state index is 0.144. The van der Waals surface area contributed by atoms with Crippen LogP contribution in [0.2, 0.25) is 0 Å². The summed E-state index contributed by atoms with van der Waals surface area (Å²) in [4.78, 5) is 59.7. The summed E-state index contributed by atoms with van der Waals surface area (Å²) in [6.07, 6.45) is 1.91. The van der Waals surface area contributed by atoms with Gasteiger partial charge in [0.1, 0.15) is 30.2 Å². The van der Waals surface area contributed by atoms with Crippen LogP contribution >= 0.6 is 11.8 Å². The minimum Gasteiger partial charge on any atom is -0.480 e. The van der Waals surface area contributed by atoms with Crippen molar-refractivity contribution in [1.29, 1.82) is 0 Å². The standard InChI is InChI=1S/C17H31N5O9S/c1-8(19-16(29)11(6-24)21-14(27)9(18)5-23)13(26)20-10(3-4-32-2)15(28)22-12(7-25)17(30)31/h8-12,23-25H,3-7,18H2,1-2H3,(H,19,29)(H,20,26)(H,21,27)(H,22,28)(H,30,31)/t8-,9-,10-,11-,12-/m0/s1. The number of nitrogens with two attached hydrogens (primary N) is 1. The van der Waals surface area contributed by atoms with Crippen LogP contribution in [-0.2, 0) is 24.0 Å². The molecule has 32 heavy (non-hydrogen) atoms. The predicted molar refractivity (Wildman–Crippen MR) is 113 cm³/mol. The number of hydrogen-bond donors (Lipinski definition) is 9. The van der Waals surface area contributed by atoms with E-state index >= 15 is 0 Å². The van der Waals surface area contributed by atoms with Crippen molar-refractivity contribution in [2.45, 2.75) is 43.6 Å². The lowest BCUT2D eigenvalue weighted by Crippen LogP contribution is -2.59. The Balaban J connectivity index is 5.08. The van der Waals surface area contributed by atoms with E-state index < -0.39 is 79.6 Å². The zero-order chi connectivity index (χ0) is 24.8. The minimum atomic E-state index is -1.55. The summed E-state index contributed by atoms with van der Waals surface area (Å²) < 4.78 is 0. The molecule has 0 aromatic heterocycles. The Labute approximate surface area is 188 Å². The van der Waals surface area contributed by atoms with Crippen molar-refractivity contribution in [3.05, 3.63) is 0 Å². The second-order valence-electron chi connectivity index (χ2n) is 6.69. The van der Waals surface area contributed by atoms with Crippen molar-refractivity contribution >= 4 is 41.4 Å². The number of amides is 4. The third-order valence-corrected chi connectivity index (χ3v) is 4.79. The molecule has 0 spiro atoms. The molecule has 0 aliphatic heterocycles. The quantitative estimate of drug-likeness (QED) is 0.107. The fourth-order valence-corrected chi connectivity index (χ4v) is 2.67. The van der Waals surface area contributed by atoms with Gasteiger partial charge in [0.15, 0.2) is 0 Å². The molecule has 0 heterocycles. The molecule has 5 atom stereocenters. The van der Waals surface area contributed by atoms with Crippen LogP contribution in [0.25, 0.3) is 0 Å². The van der Waals surface area contributed by atoms with Gasteiger partial charge in [0.05, 0.1) is 19.8 Å². The van der Waals surface area contributed by atoms with E-state index in [-0.39, 0.29) is 6.42 Å². The Kier molecular flexibility index (Phi) is 14.2. The monoisotopic (exact) mass is 481 g/mol. The van der Waals surface area contributed by atoms with Crippen LogP contribution in [0.1, 0.15) is 13.3 Å². The molecule has 4 amide bonds. The number of aliphatic carboxylic acids is 1. The number of thioether (sulfide) groups is 1. The Bertz CT molecular complexity index is 666. The first-order valence-corrected chi connectivity index (χ1v) is 10.9. The fourth-order valence-electron chi connectivity index (χ4n) is 2.19.